The number of Topliss-reactive ketones (excluding diaryl/α,β-unsaturated/α-hetero) is 1. The van der Waals surface area contributed by atoms with Gasteiger partial charge in [-0.15, -0.1) is 0 Å². The molecule has 2 fully saturated rings. The van der Waals surface area contributed by atoms with Crippen molar-refractivity contribution in [2.45, 2.75) is 18.9 Å². The van der Waals surface area contributed by atoms with Crippen molar-refractivity contribution >= 4 is 5.78 Å². The van der Waals surface area contributed by atoms with Crippen molar-refractivity contribution in [2.24, 2.45) is 17.3 Å². The Morgan fingerprint density at radius 1 is 1.43 bits per heavy atom. The zero-order valence-electron chi connectivity index (χ0n) is 8.49. The Morgan fingerprint density at radius 3 is 2.79 bits per heavy atom. The summed E-state index contributed by atoms with van der Waals surface area (Å²) in [6.07, 6.45) is 9.00. The normalized spacial score (nSPS) is 53.1. The number of fused-ring (bicyclic) bond motifs is 1. The molecule has 14 heavy (non-hydrogen) atoms. The summed E-state index contributed by atoms with van der Waals surface area (Å²) >= 11 is 0. The number of rotatable bonds is 1. The quantitative estimate of drug-likeness (QED) is 0.629. The van der Waals surface area contributed by atoms with Crippen LogP contribution in [0.4, 0.5) is 0 Å². The fourth-order valence-electron chi connectivity index (χ4n) is 3.69. The molecule has 3 rings (SSSR count). The minimum atomic E-state index is -0.295. The van der Waals surface area contributed by atoms with Crippen LogP contribution in [0.2, 0.25) is 0 Å². The van der Waals surface area contributed by atoms with E-state index in [4.69, 9.17) is 4.74 Å². The lowest BCUT2D eigenvalue weighted by Gasteiger charge is -2.26. The number of carbonyl (C=O) groups excluding carboxylic acids is 1. The molecule has 0 aliphatic heterocycles. The molecule has 0 radical (unpaired) electrons. The van der Waals surface area contributed by atoms with Gasteiger partial charge in [0.25, 0.3) is 0 Å². The van der Waals surface area contributed by atoms with Crippen LogP contribution < -0.4 is 0 Å². The van der Waals surface area contributed by atoms with Gasteiger partial charge in [0.2, 0.25) is 0 Å². The van der Waals surface area contributed by atoms with Crippen LogP contribution in [-0.2, 0) is 9.53 Å². The smallest absolute Gasteiger partial charge is 0.140 e. The monoisotopic (exact) mass is 190 g/mol. The summed E-state index contributed by atoms with van der Waals surface area (Å²) in [5.74, 6) is 0.877. The van der Waals surface area contributed by atoms with Crippen molar-refractivity contribution < 1.29 is 9.53 Å². The van der Waals surface area contributed by atoms with Gasteiger partial charge in [0.15, 0.2) is 0 Å². The topological polar surface area (TPSA) is 26.3 Å². The van der Waals surface area contributed by atoms with Crippen molar-refractivity contribution in [2.75, 3.05) is 7.11 Å². The first kappa shape index (κ1) is 8.42. The standard InChI is InChI=1S/C12H14O2/c1-8-7-9(13)10-11(8)5-3-4-6-12(10,11)14-2/h3-6,8,10H,7H2,1-2H3/t8-,10-,11?,12-/m1/s1. The SMILES string of the molecule is CO[C@@]12C=CC=CC13[C@H](C)CC(=O)[C@H]32. The summed E-state index contributed by atoms with van der Waals surface area (Å²) in [5.41, 5.74) is -0.302. The molecule has 3 aliphatic rings. The van der Waals surface area contributed by atoms with Crippen LogP contribution in [0.15, 0.2) is 24.3 Å². The molecule has 2 heteroatoms. The summed E-state index contributed by atoms with van der Waals surface area (Å²) in [6, 6.07) is 0. The Morgan fingerprint density at radius 2 is 2.14 bits per heavy atom. The van der Waals surface area contributed by atoms with Crippen molar-refractivity contribution in [1.29, 1.82) is 0 Å². The number of ketones is 1. The highest BCUT2D eigenvalue weighted by Gasteiger charge is 2.83. The lowest BCUT2D eigenvalue weighted by atomic mass is 9.84. The van der Waals surface area contributed by atoms with Gasteiger partial charge in [-0.25, -0.2) is 0 Å². The van der Waals surface area contributed by atoms with E-state index in [1.807, 2.05) is 12.2 Å². The number of ether oxygens (including phenoxy) is 1. The van der Waals surface area contributed by atoms with E-state index in [-0.39, 0.29) is 16.9 Å². The van der Waals surface area contributed by atoms with E-state index in [0.29, 0.717) is 18.1 Å². The maximum Gasteiger partial charge on any atom is 0.140 e. The molecule has 0 heterocycles. The molecule has 2 nitrogen and oxygen atoms in total. The molecular formula is C12H14O2. The molecule has 0 N–H and O–H groups in total. The highest BCUT2D eigenvalue weighted by atomic mass is 16.5. The van der Waals surface area contributed by atoms with E-state index < -0.39 is 0 Å². The molecule has 3 aliphatic carbocycles. The van der Waals surface area contributed by atoms with Crippen LogP contribution in [0, 0.1) is 17.3 Å². The van der Waals surface area contributed by atoms with Crippen molar-refractivity contribution in [3.05, 3.63) is 24.3 Å². The minimum absolute atomic E-state index is 0.00637. The van der Waals surface area contributed by atoms with Crippen molar-refractivity contribution in [3.8, 4) is 0 Å². The third-order valence-electron chi connectivity index (χ3n) is 4.31. The van der Waals surface area contributed by atoms with Gasteiger partial charge in [-0.1, -0.05) is 31.2 Å². The molecule has 1 spiro atoms. The molecule has 0 aromatic heterocycles. The van der Waals surface area contributed by atoms with Crippen LogP contribution in [0.3, 0.4) is 0 Å². The Labute approximate surface area is 83.6 Å². The lowest BCUT2D eigenvalue weighted by molar-refractivity contribution is -0.121. The van der Waals surface area contributed by atoms with Gasteiger partial charge in [-0.3, -0.25) is 4.79 Å². The molecule has 2 saturated carbocycles. The van der Waals surface area contributed by atoms with Crippen molar-refractivity contribution in [1.82, 2.24) is 0 Å². The predicted molar refractivity (Wildman–Crippen MR) is 52.7 cm³/mol. The molecule has 0 amide bonds. The van der Waals surface area contributed by atoms with Gasteiger partial charge < -0.3 is 4.74 Å². The second-order valence-electron chi connectivity index (χ2n) is 4.65. The van der Waals surface area contributed by atoms with E-state index >= 15 is 0 Å². The Balaban J connectivity index is 2.14. The molecule has 4 atom stereocenters. The largest absolute Gasteiger partial charge is 0.372 e. The summed E-state index contributed by atoms with van der Waals surface area (Å²) in [4.78, 5) is 11.8. The van der Waals surface area contributed by atoms with E-state index in [1.54, 1.807) is 7.11 Å². The third kappa shape index (κ3) is 0.584. The summed E-state index contributed by atoms with van der Waals surface area (Å²) < 4.78 is 5.59. The Hall–Kier alpha value is -0.890. The van der Waals surface area contributed by atoms with E-state index in [2.05, 4.69) is 19.1 Å². The molecule has 0 saturated heterocycles. The summed E-state index contributed by atoms with van der Waals surface area (Å²) in [7, 11) is 1.71. The van der Waals surface area contributed by atoms with Gasteiger partial charge in [-0.2, -0.15) is 0 Å². The average Bonchev–Trinajstić information content (AvgIpc) is 2.74. The second kappa shape index (κ2) is 2.19. The number of hydrogen-bond donors (Lipinski definition) is 0. The molecule has 0 aromatic rings. The highest BCUT2D eigenvalue weighted by Crippen LogP contribution is 2.75. The number of hydrogen-bond acceptors (Lipinski definition) is 2. The van der Waals surface area contributed by atoms with Gasteiger partial charge >= 0.3 is 0 Å². The number of carbonyl (C=O) groups is 1. The van der Waals surface area contributed by atoms with Crippen LogP contribution in [-0.4, -0.2) is 18.5 Å². The Kier molecular flexibility index (Phi) is 1.32. The van der Waals surface area contributed by atoms with E-state index in [1.165, 1.54) is 0 Å². The molecule has 74 valence electrons. The fourth-order valence-corrected chi connectivity index (χ4v) is 3.69. The van der Waals surface area contributed by atoms with Gasteiger partial charge in [0, 0.05) is 18.9 Å². The summed E-state index contributed by atoms with van der Waals surface area (Å²) in [5, 5.41) is 0. The maximum atomic E-state index is 11.8. The van der Waals surface area contributed by atoms with Crippen LogP contribution in [0.1, 0.15) is 13.3 Å². The zero-order valence-corrected chi connectivity index (χ0v) is 8.49. The zero-order chi connectivity index (χ0) is 9.97. The number of methoxy groups -OCH3 is 1. The number of allylic oxidation sites excluding steroid dienone is 2. The molecule has 0 aromatic carbocycles. The first-order valence-corrected chi connectivity index (χ1v) is 5.14. The van der Waals surface area contributed by atoms with Gasteiger partial charge in [0.05, 0.1) is 5.92 Å². The maximum absolute atomic E-state index is 11.8. The molecular weight excluding hydrogens is 176 g/mol. The van der Waals surface area contributed by atoms with Gasteiger partial charge in [-0.05, 0) is 5.92 Å². The average molecular weight is 190 g/mol. The van der Waals surface area contributed by atoms with Gasteiger partial charge in [0.1, 0.15) is 11.4 Å². The van der Waals surface area contributed by atoms with Crippen molar-refractivity contribution in [3.63, 3.8) is 0 Å². The van der Waals surface area contributed by atoms with E-state index in [9.17, 15) is 4.79 Å². The Bertz CT molecular complexity index is 369. The molecule has 1 unspecified atom stereocenters. The minimum Gasteiger partial charge on any atom is -0.372 e. The lowest BCUT2D eigenvalue weighted by Crippen LogP contribution is -2.28. The van der Waals surface area contributed by atoms with Crippen LogP contribution in [0.5, 0.6) is 0 Å². The van der Waals surface area contributed by atoms with Crippen LogP contribution >= 0.6 is 0 Å². The van der Waals surface area contributed by atoms with Crippen LogP contribution in [0.25, 0.3) is 0 Å². The second-order valence-corrected chi connectivity index (χ2v) is 4.65. The third-order valence-corrected chi connectivity index (χ3v) is 4.31. The highest BCUT2D eigenvalue weighted by molar-refractivity contribution is 5.93. The fraction of sp³-hybridized carbons (Fsp3) is 0.583. The predicted octanol–water partition coefficient (Wildman–Crippen LogP) is 1.72. The first-order chi connectivity index (χ1) is 6.69. The molecule has 0 bridgehead atoms. The summed E-state index contributed by atoms with van der Waals surface area (Å²) in [6.45, 7) is 2.15. The van der Waals surface area contributed by atoms with E-state index in [0.717, 1.165) is 0 Å². The first-order valence-electron chi connectivity index (χ1n) is 5.14.